The van der Waals surface area contributed by atoms with Crippen LogP contribution in [0.15, 0.2) is 42.6 Å². The molecule has 0 saturated heterocycles. The van der Waals surface area contributed by atoms with E-state index in [1.165, 1.54) is 0 Å². The van der Waals surface area contributed by atoms with Gasteiger partial charge in [0.15, 0.2) is 0 Å². The molecule has 0 spiro atoms. The minimum atomic E-state index is -0.0555. The van der Waals surface area contributed by atoms with E-state index in [-0.39, 0.29) is 11.9 Å². The van der Waals surface area contributed by atoms with E-state index in [2.05, 4.69) is 15.1 Å². The Bertz CT molecular complexity index is 934. The summed E-state index contributed by atoms with van der Waals surface area (Å²) in [7, 11) is 1.79. The average Bonchev–Trinajstić information content (AvgIpc) is 3.03. The molecule has 3 aromatic rings. The molecule has 25 heavy (non-hydrogen) atoms. The highest BCUT2D eigenvalue weighted by atomic mass is 16.2. The Morgan fingerprint density at radius 3 is 2.84 bits per heavy atom. The van der Waals surface area contributed by atoms with Crippen LogP contribution in [-0.2, 0) is 20.0 Å². The Morgan fingerprint density at radius 2 is 2.04 bits per heavy atom. The van der Waals surface area contributed by atoms with Crippen LogP contribution in [0.4, 0.5) is 5.95 Å². The predicted octanol–water partition coefficient (Wildman–Crippen LogP) is 1.66. The molecule has 0 atom stereocenters. The number of aromatic nitrogens is 4. The molecule has 4 rings (SSSR count). The fourth-order valence-corrected chi connectivity index (χ4v) is 3.07. The Balaban J connectivity index is 1.61. The number of carbonyl (C=O) groups excluding carboxylic acids is 1. The van der Waals surface area contributed by atoms with Crippen LogP contribution in [0.3, 0.4) is 0 Å². The molecular formula is C18H18N6O. The number of nitrogens with two attached hydrogens (primary N) is 1. The molecule has 1 aromatic carbocycles. The first kappa shape index (κ1) is 15.3. The number of anilines is 1. The lowest BCUT2D eigenvalue weighted by Crippen LogP contribution is -2.37. The molecule has 2 N–H and O–H groups in total. The van der Waals surface area contributed by atoms with Gasteiger partial charge in [-0.25, -0.2) is 9.97 Å². The molecule has 7 heteroatoms. The summed E-state index contributed by atoms with van der Waals surface area (Å²) < 4.78 is 1.63. The summed E-state index contributed by atoms with van der Waals surface area (Å²) in [6, 6.07) is 11.7. The highest BCUT2D eigenvalue weighted by Gasteiger charge is 2.25. The van der Waals surface area contributed by atoms with Gasteiger partial charge in [0, 0.05) is 25.4 Å². The molecule has 0 fully saturated rings. The van der Waals surface area contributed by atoms with Crippen molar-refractivity contribution in [2.75, 3.05) is 12.3 Å². The molecule has 0 bridgehead atoms. The van der Waals surface area contributed by atoms with Gasteiger partial charge >= 0.3 is 0 Å². The molecule has 0 aliphatic carbocycles. The van der Waals surface area contributed by atoms with E-state index in [4.69, 9.17) is 5.73 Å². The molecule has 126 valence electrons. The molecule has 0 unspecified atom stereocenters. The number of aryl methyl sites for hydroxylation is 1. The zero-order chi connectivity index (χ0) is 17.4. The molecule has 3 heterocycles. The van der Waals surface area contributed by atoms with Crippen molar-refractivity contribution in [1.29, 1.82) is 0 Å². The summed E-state index contributed by atoms with van der Waals surface area (Å²) in [6.45, 7) is 1.07. The van der Waals surface area contributed by atoms with Crippen molar-refractivity contribution in [2.24, 2.45) is 7.05 Å². The molecule has 2 aromatic heterocycles. The second-order valence-electron chi connectivity index (χ2n) is 6.08. The van der Waals surface area contributed by atoms with Gasteiger partial charge in [0.2, 0.25) is 5.95 Å². The zero-order valence-electron chi connectivity index (χ0n) is 13.9. The normalized spacial score (nSPS) is 13.6. The lowest BCUT2D eigenvalue weighted by molar-refractivity contribution is 0.0720. The van der Waals surface area contributed by atoms with E-state index in [0.717, 1.165) is 28.9 Å². The second-order valence-corrected chi connectivity index (χ2v) is 6.08. The predicted molar refractivity (Wildman–Crippen MR) is 93.5 cm³/mol. The first-order chi connectivity index (χ1) is 12.1. The number of carbonyl (C=O) groups is 1. The summed E-state index contributed by atoms with van der Waals surface area (Å²) in [6.07, 6.45) is 2.47. The Hall–Kier alpha value is -3.22. The standard InChI is InChI=1S/C18H18N6O/c1-23-16(9-14(22-23)12-5-3-2-4-6-12)17(25)24-8-7-13-10-20-18(19)21-15(13)11-24/h2-6,9-10H,7-8,11H2,1H3,(H2,19,20,21). The third-order valence-electron chi connectivity index (χ3n) is 4.42. The maximum Gasteiger partial charge on any atom is 0.272 e. The molecule has 1 amide bonds. The van der Waals surface area contributed by atoms with E-state index in [1.807, 2.05) is 36.4 Å². The van der Waals surface area contributed by atoms with Crippen LogP contribution in [0.2, 0.25) is 0 Å². The lowest BCUT2D eigenvalue weighted by atomic mass is 10.1. The number of nitrogen functional groups attached to an aromatic ring is 1. The van der Waals surface area contributed by atoms with Gasteiger partial charge < -0.3 is 10.6 Å². The van der Waals surface area contributed by atoms with Crippen molar-refractivity contribution < 1.29 is 4.79 Å². The van der Waals surface area contributed by atoms with Gasteiger partial charge in [-0.1, -0.05) is 30.3 Å². The Kier molecular flexibility index (Phi) is 3.68. The van der Waals surface area contributed by atoms with Gasteiger partial charge in [-0.15, -0.1) is 0 Å². The summed E-state index contributed by atoms with van der Waals surface area (Å²) in [5, 5.41) is 4.48. The summed E-state index contributed by atoms with van der Waals surface area (Å²) in [5.41, 5.74) is 9.87. The number of amides is 1. The van der Waals surface area contributed by atoms with E-state index < -0.39 is 0 Å². The van der Waals surface area contributed by atoms with Crippen molar-refractivity contribution in [2.45, 2.75) is 13.0 Å². The molecule has 1 aliphatic heterocycles. The maximum atomic E-state index is 13.0. The van der Waals surface area contributed by atoms with Crippen molar-refractivity contribution in [1.82, 2.24) is 24.6 Å². The van der Waals surface area contributed by atoms with Crippen LogP contribution in [0, 0.1) is 0 Å². The van der Waals surface area contributed by atoms with Gasteiger partial charge in [0.05, 0.1) is 17.9 Å². The van der Waals surface area contributed by atoms with Gasteiger partial charge in [-0.2, -0.15) is 5.10 Å². The largest absolute Gasteiger partial charge is 0.368 e. The number of rotatable bonds is 2. The highest BCUT2D eigenvalue weighted by Crippen LogP contribution is 2.22. The fraction of sp³-hybridized carbons (Fsp3) is 0.222. The van der Waals surface area contributed by atoms with Crippen LogP contribution in [0.25, 0.3) is 11.3 Å². The molecule has 0 saturated carbocycles. The van der Waals surface area contributed by atoms with Crippen molar-refractivity contribution in [3.63, 3.8) is 0 Å². The molecular weight excluding hydrogens is 316 g/mol. The topological polar surface area (TPSA) is 89.9 Å². The molecule has 1 aliphatic rings. The van der Waals surface area contributed by atoms with E-state index in [0.29, 0.717) is 18.8 Å². The minimum Gasteiger partial charge on any atom is -0.368 e. The number of hydrogen-bond acceptors (Lipinski definition) is 5. The van der Waals surface area contributed by atoms with Crippen LogP contribution in [0.5, 0.6) is 0 Å². The van der Waals surface area contributed by atoms with Crippen molar-refractivity contribution in [3.05, 3.63) is 59.5 Å². The molecule has 7 nitrogen and oxygen atoms in total. The number of hydrogen-bond donors (Lipinski definition) is 1. The van der Waals surface area contributed by atoms with E-state index >= 15 is 0 Å². The third-order valence-corrected chi connectivity index (χ3v) is 4.42. The third kappa shape index (κ3) is 2.84. The number of benzene rings is 1. The van der Waals surface area contributed by atoms with Crippen LogP contribution < -0.4 is 5.73 Å². The Morgan fingerprint density at radius 1 is 1.24 bits per heavy atom. The lowest BCUT2D eigenvalue weighted by Gasteiger charge is -2.27. The second kappa shape index (κ2) is 6.01. The summed E-state index contributed by atoms with van der Waals surface area (Å²) >= 11 is 0. The van der Waals surface area contributed by atoms with Crippen LogP contribution >= 0.6 is 0 Å². The molecule has 0 radical (unpaired) electrons. The summed E-state index contributed by atoms with van der Waals surface area (Å²) in [4.78, 5) is 23.0. The first-order valence-corrected chi connectivity index (χ1v) is 8.11. The van der Waals surface area contributed by atoms with Gasteiger partial charge in [0.1, 0.15) is 5.69 Å². The number of fused-ring (bicyclic) bond motifs is 1. The number of nitrogens with zero attached hydrogens (tertiary/aromatic N) is 5. The SMILES string of the molecule is Cn1nc(-c2ccccc2)cc1C(=O)N1CCc2cnc(N)nc2C1. The van der Waals surface area contributed by atoms with Gasteiger partial charge in [0.25, 0.3) is 5.91 Å². The first-order valence-electron chi connectivity index (χ1n) is 8.11. The monoisotopic (exact) mass is 334 g/mol. The minimum absolute atomic E-state index is 0.0555. The zero-order valence-corrected chi connectivity index (χ0v) is 13.9. The fourth-order valence-electron chi connectivity index (χ4n) is 3.07. The van der Waals surface area contributed by atoms with Crippen molar-refractivity contribution in [3.8, 4) is 11.3 Å². The quantitative estimate of drug-likeness (QED) is 0.770. The maximum absolute atomic E-state index is 13.0. The highest BCUT2D eigenvalue weighted by molar-refractivity contribution is 5.93. The van der Waals surface area contributed by atoms with E-state index in [1.54, 1.807) is 22.8 Å². The Labute approximate surface area is 145 Å². The smallest absolute Gasteiger partial charge is 0.272 e. The average molecular weight is 334 g/mol. The van der Waals surface area contributed by atoms with Gasteiger partial charge in [-0.05, 0) is 18.1 Å². The van der Waals surface area contributed by atoms with Crippen LogP contribution in [-0.4, -0.2) is 37.1 Å². The van der Waals surface area contributed by atoms with E-state index in [9.17, 15) is 4.79 Å². The summed E-state index contributed by atoms with van der Waals surface area (Å²) in [5.74, 6) is 0.181. The van der Waals surface area contributed by atoms with Gasteiger partial charge in [-0.3, -0.25) is 9.48 Å². The van der Waals surface area contributed by atoms with Crippen LogP contribution in [0.1, 0.15) is 21.7 Å². The van der Waals surface area contributed by atoms with Crippen molar-refractivity contribution >= 4 is 11.9 Å².